The number of rotatable bonds is 11. The highest BCUT2D eigenvalue weighted by Gasteiger charge is 2.31. The summed E-state index contributed by atoms with van der Waals surface area (Å²) < 4.78 is 25.6. The van der Waals surface area contributed by atoms with Crippen molar-refractivity contribution in [2.75, 3.05) is 13.7 Å². The van der Waals surface area contributed by atoms with Crippen molar-refractivity contribution >= 4 is 17.5 Å². The highest BCUT2D eigenvalue weighted by molar-refractivity contribution is 6.31. The van der Waals surface area contributed by atoms with Gasteiger partial charge in [0.25, 0.3) is 0 Å². The van der Waals surface area contributed by atoms with Crippen LogP contribution >= 0.6 is 11.6 Å². The van der Waals surface area contributed by atoms with Crippen LogP contribution in [0, 0.1) is 5.82 Å². The third-order valence-corrected chi connectivity index (χ3v) is 6.14. The van der Waals surface area contributed by atoms with E-state index in [-0.39, 0.29) is 24.3 Å². The number of hydrogen-bond acceptors (Lipinski definition) is 4. The van der Waals surface area contributed by atoms with E-state index in [4.69, 9.17) is 21.1 Å². The molecular weight excluding hydrogens is 455 g/mol. The fourth-order valence-electron chi connectivity index (χ4n) is 3.76. The van der Waals surface area contributed by atoms with E-state index in [1.54, 1.807) is 19.2 Å². The molecule has 1 aliphatic carbocycles. The molecule has 3 aromatic carbocycles. The number of methoxy groups -OCH3 is 1. The Morgan fingerprint density at radius 1 is 1.06 bits per heavy atom. The summed E-state index contributed by atoms with van der Waals surface area (Å²) in [6, 6.07) is 20.4. The molecule has 0 radical (unpaired) electrons. The molecule has 7 heteroatoms. The first kappa shape index (κ1) is 24.0. The largest absolute Gasteiger partial charge is 0.493 e. The van der Waals surface area contributed by atoms with Crippen LogP contribution in [0.25, 0.3) is 0 Å². The molecule has 0 atom stereocenters. The van der Waals surface area contributed by atoms with Crippen molar-refractivity contribution in [2.24, 2.45) is 0 Å². The number of nitrogens with zero attached hydrogens (tertiary/aromatic N) is 1. The molecule has 0 bridgehead atoms. The predicted octanol–water partition coefficient (Wildman–Crippen LogP) is 5.35. The first-order valence-electron chi connectivity index (χ1n) is 11.3. The van der Waals surface area contributed by atoms with Crippen molar-refractivity contribution in [3.63, 3.8) is 0 Å². The molecule has 0 spiro atoms. The third kappa shape index (κ3) is 6.49. The second kappa shape index (κ2) is 11.4. The molecule has 1 N–H and O–H groups in total. The van der Waals surface area contributed by atoms with E-state index in [2.05, 4.69) is 5.32 Å². The molecule has 0 aromatic heterocycles. The number of amides is 1. The molecule has 0 heterocycles. The molecular formula is C27H28ClFN2O3. The van der Waals surface area contributed by atoms with Crippen LogP contribution in [0.2, 0.25) is 5.02 Å². The molecule has 0 saturated heterocycles. The summed E-state index contributed by atoms with van der Waals surface area (Å²) in [4.78, 5) is 14.7. The van der Waals surface area contributed by atoms with E-state index in [1.165, 1.54) is 6.07 Å². The fourth-order valence-corrected chi connectivity index (χ4v) is 3.98. The number of carbonyl (C=O) groups excluding carboxylic acids is 1. The number of halogens is 2. The third-order valence-electron chi connectivity index (χ3n) is 5.79. The van der Waals surface area contributed by atoms with E-state index in [0.29, 0.717) is 41.8 Å². The molecule has 3 aromatic rings. The molecule has 1 amide bonds. The normalized spacial score (nSPS) is 13.1. The first-order chi connectivity index (χ1) is 16.5. The summed E-state index contributed by atoms with van der Waals surface area (Å²) in [5.41, 5.74) is 2.39. The van der Waals surface area contributed by atoms with Gasteiger partial charge in [0, 0.05) is 29.7 Å². The minimum absolute atomic E-state index is 0.122. The minimum Gasteiger partial charge on any atom is -0.493 e. The Hall–Kier alpha value is -3.09. The van der Waals surface area contributed by atoms with E-state index in [0.717, 1.165) is 24.0 Å². The molecule has 1 fully saturated rings. The van der Waals surface area contributed by atoms with Crippen molar-refractivity contribution in [3.05, 3.63) is 94.3 Å². The van der Waals surface area contributed by atoms with Crippen LogP contribution < -0.4 is 14.8 Å². The van der Waals surface area contributed by atoms with Crippen molar-refractivity contribution in [2.45, 2.75) is 38.6 Å². The predicted molar refractivity (Wildman–Crippen MR) is 130 cm³/mol. The standard InChI is InChI=1S/C27H28ClFN2O3/c1-33-26-14-20(10-13-25(26)34-18-19-6-3-2-4-7-19)15-30-27(32)17-31(21-11-12-21)16-22-23(28)8-5-9-24(22)29/h2-10,13-14,21H,11-12,15-18H2,1H3,(H,30,32). The molecule has 4 rings (SSSR count). The number of hydrogen-bond donors (Lipinski definition) is 1. The van der Waals surface area contributed by atoms with Crippen molar-refractivity contribution < 1.29 is 18.7 Å². The molecule has 0 aliphatic heterocycles. The molecule has 0 unspecified atom stereocenters. The Labute approximate surface area is 204 Å². The average Bonchev–Trinajstić information content (AvgIpc) is 3.69. The van der Waals surface area contributed by atoms with Crippen LogP contribution in [-0.4, -0.2) is 30.5 Å². The maximum Gasteiger partial charge on any atom is 0.234 e. The summed E-state index contributed by atoms with van der Waals surface area (Å²) in [5, 5.41) is 3.33. The van der Waals surface area contributed by atoms with Gasteiger partial charge in [-0.1, -0.05) is 54.1 Å². The van der Waals surface area contributed by atoms with E-state index in [9.17, 15) is 9.18 Å². The Balaban J connectivity index is 1.32. The monoisotopic (exact) mass is 482 g/mol. The van der Waals surface area contributed by atoms with Crippen molar-refractivity contribution in [3.8, 4) is 11.5 Å². The summed E-state index contributed by atoms with van der Waals surface area (Å²) in [6.07, 6.45) is 2.00. The van der Waals surface area contributed by atoms with Crippen LogP contribution in [-0.2, 0) is 24.5 Å². The van der Waals surface area contributed by atoms with Gasteiger partial charge in [-0.3, -0.25) is 9.69 Å². The van der Waals surface area contributed by atoms with Gasteiger partial charge in [-0.05, 0) is 48.2 Å². The quantitative estimate of drug-likeness (QED) is 0.400. The highest BCUT2D eigenvalue weighted by Crippen LogP contribution is 2.31. The Morgan fingerprint density at radius 3 is 2.56 bits per heavy atom. The lowest BCUT2D eigenvalue weighted by atomic mass is 10.2. The van der Waals surface area contributed by atoms with Gasteiger partial charge in [0.2, 0.25) is 5.91 Å². The molecule has 1 saturated carbocycles. The zero-order chi connectivity index (χ0) is 23.9. The van der Waals surface area contributed by atoms with Crippen LogP contribution in [0.1, 0.15) is 29.5 Å². The molecule has 5 nitrogen and oxygen atoms in total. The summed E-state index contributed by atoms with van der Waals surface area (Å²) in [6.45, 7) is 1.29. The van der Waals surface area contributed by atoms with Gasteiger partial charge in [0.15, 0.2) is 11.5 Å². The molecule has 34 heavy (non-hydrogen) atoms. The van der Waals surface area contributed by atoms with E-state index in [1.807, 2.05) is 53.4 Å². The number of carbonyl (C=O) groups is 1. The van der Waals surface area contributed by atoms with Gasteiger partial charge >= 0.3 is 0 Å². The highest BCUT2D eigenvalue weighted by atomic mass is 35.5. The number of ether oxygens (including phenoxy) is 2. The van der Waals surface area contributed by atoms with Crippen LogP contribution in [0.5, 0.6) is 11.5 Å². The van der Waals surface area contributed by atoms with Gasteiger partial charge in [-0.2, -0.15) is 0 Å². The second-order valence-corrected chi connectivity index (χ2v) is 8.78. The Morgan fingerprint density at radius 2 is 1.85 bits per heavy atom. The lowest BCUT2D eigenvalue weighted by molar-refractivity contribution is -0.122. The van der Waals surface area contributed by atoms with Crippen LogP contribution in [0.15, 0.2) is 66.7 Å². The van der Waals surface area contributed by atoms with Gasteiger partial charge in [-0.15, -0.1) is 0 Å². The second-order valence-electron chi connectivity index (χ2n) is 8.37. The number of benzene rings is 3. The number of nitrogens with one attached hydrogen (secondary N) is 1. The SMILES string of the molecule is COc1cc(CNC(=O)CN(Cc2c(F)cccc2Cl)C2CC2)ccc1OCc1ccccc1. The fraction of sp³-hybridized carbons (Fsp3) is 0.296. The minimum atomic E-state index is -0.347. The van der Waals surface area contributed by atoms with Gasteiger partial charge in [-0.25, -0.2) is 4.39 Å². The van der Waals surface area contributed by atoms with Crippen LogP contribution in [0.3, 0.4) is 0 Å². The van der Waals surface area contributed by atoms with Crippen molar-refractivity contribution in [1.29, 1.82) is 0 Å². The Bertz CT molecular complexity index is 1100. The van der Waals surface area contributed by atoms with E-state index < -0.39 is 0 Å². The lowest BCUT2D eigenvalue weighted by Gasteiger charge is -2.22. The maximum absolute atomic E-state index is 14.2. The summed E-state index contributed by atoms with van der Waals surface area (Å²) >= 11 is 6.19. The smallest absolute Gasteiger partial charge is 0.234 e. The first-order valence-corrected chi connectivity index (χ1v) is 11.7. The zero-order valence-corrected chi connectivity index (χ0v) is 19.9. The summed E-state index contributed by atoms with van der Waals surface area (Å²) in [5.74, 6) is 0.780. The maximum atomic E-state index is 14.2. The Kier molecular flexibility index (Phi) is 8.03. The van der Waals surface area contributed by atoms with Crippen molar-refractivity contribution in [1.82, 2.24) is 10.2 Å². The van der Waals surface area contributed by atoms with Gasteiger partial charge < -0.3 is 14.8 Å². The average molecular weight is 483 g/mol. The zero-order valence-electron chi connectivity index (χ0n) is 19.1. The lowest BCUT2D eigenvalue weighted by Crippen LogP contribution is -2.38. The van der Waals surface area contributed by atoms with Crippen LogP contribution in [0.4, 0.5) is 4.39 Å². The molecule has 1 aliphatic rings. The van der Waals surface area contributed by atoms with Gasteiger partial charge in [0.1, 0.15) is 12.4 Å². The molecule has 178 valence electrons. The van der Waals surface area contributed by atoms with Gasteiger partial charge in [0.05, 0.1) is 13.7 Å². The summed E-state index contributed by atoms with van der Waals surface area (Å²) in [7, 11) is 1.59. The van der Waals surface area contributed by atoms with E-state index >= 15 is 0 Å². The topological polar surface area (TPSA) is 50.8 Å².